The largest absolute Gasteiger partial charge is 0.522 e. The first kappa shape index (κ1) is 24.8. The van der Waals surface area contributed by atoms with Crippen molar-refractivity contribution in [3.05, 3.63) is 90.5 Å². The van der Waals surface area contributed by atoms with E-state index in [1.807, 2.05) is 48.5 Å². The molecule has 0 saturated heterocycles. The van der Waals surface area contributed by atoms with Gasteiger partial charge < -0.3 is 16.2 Å². The van der Waals surface area contributed by atoms with E-state index in [0.717, 1.165) is 5.56 Å². The summed E-state index contributed by atoms with van der Waals surface area (Å²) in [7, 11) is -0.493. The summed E-state index contributed by atoms with van der Waals surface area (Å²) in [5, 5.41) is 2.84. The molecule has 3 aromatic carbocycles. The molecule has 0 aliphatic heterocycles. The summed E-state index contributed by atoms with van der Waals surface area (Å²) in [6, 6.07) is 25.5. The number of hydrogen-bond acceptors (Lipinski definition) is 6. The molecule has 178 valence electrons. The smallest absolute Gasteiger partial charge is 0.453 e. The van der Waals surface area contributed by atoms with E-state index in [1.165, 1.54) is 14.2 Å². The number of rotatable bonds is 10. The van der Waals surface area contributed by atoms with Gasteiger partial charge in [-0.25, -0.2) is 9.79 Å². The molecular weight excluding hydrogens is 455 g/mol. The molecule has 3 rings (SSSR count). The number of carbonyl (C=O) groups is 1. The van der Waals surface area contributed by atoms with Gasteiger partial charge in [0.2, 0.25) is 5.78 Å². The topological polar surface area (TPSA) is 130 Å². The van der Waals surface area contributed by atoms with Gasteiger partial charge in [-0.3, -0.25) is 14.4 Å². The van der Waals surface area contributed by atoms with E-state index in [1.54, 1.807) is 36.4 Å². The Morgan fingerprint density at radius 3 is 1.85 bits per heavy atom. The minimum absolute atomic E-state index is 0.0326. The number of nitrogens with one attached hydrogen (secondary N) is 1. The fraction of sp³-hybridized carbons (Fsp3) is 0.167. The lowest BCUT2D eigenvalue weighted by Gasteiger charge is -2.28. The van der Waals surface area contributed by atoms with Crippen LogP contribution in [0.15, 0.2) is 89.9 Å². The van der Waals surface area contributed by atoms with Crippen molar-refractivity contribution in [1.29, 1.82) is 0 Å². The van der Waals surface area contributed by atoms with Gasteiger partial charge in [0, 0.05) is 6.42 Å². The summed E-state index contributed by atoms with van der Waals surface area (Å²) in [6.07, 6.45) is -0.324. The zero-order valence-electron chi connectivity index (χ0n) is 19.0. The van der Waals surface area contributed by atoms with Crippen LogP contribution in [0.5, 0.6) is 11.5 Å². The Kier molecular flexibility index (Phi) is 8.67. The molecule has 0 aromatic heterocycles. The predicted octanol–water partition coefficient (Wildman–Crippen LogP) is 4.38. The number of alkyl carbamates (subject to hydrolysis) is 1. The molecule has 0 spiro atoms. The summed E-state index contributed by atoms with van der Waals surface area (Å²) >= 11 is 0. The summed E-state index contributed by atoms with van der Waals surface area (Å²) in [6.45, 7) is 0. The quantitative estimate of drug-likeness (QED) is 0.222. The number of carbonyl (C=O) groups excluding carboxylic acids is 1. The van der Waals surface area contributed by atoms with E-state index in [9.17, 15) is 4.79 Å². The van der Waals surface area contributed by atoms with Crippen molar-refractivity contribution in [3.63, 3.8) is 0 Å². The molecule has 0 bridgehead atoms. The molecule has 0 saturated carbocycles. The van der Waals surface area contributed by atoms with E-state index in [4.69, 9.17) is 29.8 Å². The maximum absolute atomic E-state index is 12.3. The Morgan fingerprint density at radius 1 is 0.882 bits per heavy atom. The van der Waals surface area contributed by atoms with Gasteiger partial charge in [0.25, 0.3) is 0 Å². The van der Waals surface area contributed by atoms with Gasteiger partial charge in [-0.15, -0.1) is 0 Å². The van der Waals surface area contributed by atoms with Crippen LogP contribution in [-0.2, 0) is 15.7 Å². The normalized spacial score (nSPS) is 11.7. The van der Waals surface area contributed by atoms with Crippen molar-refractivity contribution in [2.75, 3.05) is 14.2 Å². The maximum atomic E-state index is 12.3. The Balaban J connectivity index is 2.01. The van der Waals surface area contributed by atoms with Crippen LogP contribution >= 0.6 is 7.94 Å². The molecule has 10 heteroatoms. The lowest BCUT2D eigenvalue weighted by Crippen LogP contribution is -2.41. The Hall–Kier alpha value is -3.81. The lowest BCUT2D eigenvalue weighted by molar-refractivity contribution is 0.166. The van der Waals surface area contributed by atoms with Crippen molar-refractivity contribution in [2.24, 2.45) is 16.5 Å². The molecule has 0 heterocycles. The second-order valence-corrected chi connectivity index (χ2v) is 9.52. The third kappa shape index (κ3) is 6.84. The number of nitrogens with two attached hydrogens (primary N) is 2. The predicted molar refractivity (Wildman–Crippen MR) is 133 cm³/mol. The number of guanidine groups is 1. The van der Waals surface area contributed by atoms with Crippen LogP contribution < -0.4 is 25.8 Å². The highest BCUT2D eigenvalue weighted by Gasteiger charge is 2.57. The number of ether oxygens (including phenoxy) is 1. The van der Waals surface area contributed by atoms with Crippen LogP contribution in [0, 0.1) is 0 Å². The van der Waals surface area contributed by atoms with E-state index in [0.29, 0.717) is 23.6 Å². The highest BCUT2D eigenvalue weighted by atomic mass is 31.2. The first-order chi connectivity index (χ1) is 16.4. The Bertz CT molecular complexity index is 1040. The number of benzene rings is 3. The highest BCUT2D eigenvalue weighted by Crippen LogP contribution is 2.64. The first-order valence-electron chi connectivity index (χ1n) is 10.4. The number of aliphatic imine (C=N–C) groups is 1. The monoisotopic (exact) mass is 483 g/mol. The summed E-state index contributed by atoms with van der Waals surface area (Å²) in [4.78, 5) is 16.4. The first-order valence-corrected chi connectivity index (χ1v) is 12.0. The number of amides is 1. The Labute approximate surface area is 199 Å². The Morgan fingerprint density at radius 2 is 1.41 bits per heavy atom. The van der Waals surface area contributed by atoms with Gasteiger partial charge in [-0.2, -0.15) is 4.52 Å². The van der Waals surface area contributed by atoms with Crippen LogP contribution in [-0.4, -0.2) is 32.1 Å². The van der Waals surface area contributed by atoms with Crippen LogP contribution in [0.3, 0.4) is 0 Å². The van der Waals surface area contributed by atoms with Crippen LogP contribution in [0.1, 0.15) is 5.56 Å². The van der Waals surface area contributed by atoms with Crippen molar-refractivity contribution in [2.45, 2.75) is 12.2 Å². The molecule has 5 N–H and O–H groups in total. The standard InChI is InChI=1S/C24H27N4O5P/c1-30-24(29)28-22(17-18-13-15-19(16-14-18)27-23(25)26)34(31-2,32-20-9-5-3-6-10-20)33-21-11-7-4-8-12-21/h3-16,22H,17H2,1-2H3,(H4-,25,26,27,28,29)/p+1. The van der Waals surface area contributed by atoms with Gasteiger partial charge in [0.05, 0.1) is 19.9 Å². The van der Waals surface area contributed by atoms with Crippen LogP contribution in [0.4, 0.5) is 10.5 Å². The van der Waals surface area contributed by atoms with Crippen molar-refractivity contribution in [3.8, 4) is 11.5 Å². The third-order valence-electron chi connectivity index (χ3n) is 4.68. The third-order valence-corrected chi connectivity index (χ3v) is 7.20. The number of hydrogen-bond donors (Lipinski definition) is 3. The number of methoxy groups -OCH3 is 1. The lowest BCUT2D eigenvalue weighted by atomic mass is 10.1. The second-order valence-electron chi connectivity index (χ2n) is 7.09. The fourth-order valence-corrected chi connectivity index (χ4v) is 5.34. The maximum Gasteiger partial charge on any atom is 0.522 e. The summed E-state index contributed by atoms with van der Waals surface area (Å²) in [5.74, 6) is 0.316. The average molecular weight is 483 g/mol. The molecule has 9 nitrogen and oxygen atoms in total. The molecule has 0 aliphatic carbocycles. The van der Waals surface area contributed by atoms with Gasteiger partial charge in [-0.05, 0) is 42.0 Å². The summed E-state index contributed by atoms with van der Waals surface area (Å²) in [5.41, 5.74) is 12.4. The summed E-state index contributed by atoms with van der Waals surface area (Å²) < 4.78 is 23.5. The second kappa shape index (κ2) is 11.9. The average Bonchev–Trinajstić information content (AvgIpc) is 2.85. The molecule has 0 aliphatic rings. The molecule has 0 radical (unpaired) electrons. The molecular formula is C24H28N4O5P+. The zero-order chi connectivity index (χ0) is 24.4. The minimum atomic E-state index is -3.28. The molecule has 1 amide bonds. The van der Waals surface area contributed by atoms with Crippen LogP contribution in [0.2, 0.25) is 0 Å². The van der Waals surface area contributed by atoms with E-state index in [2.05, 4.69) is 10.3 Å². The molecule has 3 aromatic rings. The van der Waals surface area contributed by atoms with E-state index < -0.39 is 19.8 Å². The van der Waals surface area contributed by atoms with Gasteiger partial charge in [-0.1, -0.05) is 48.5 Å². The molecule has 34 heavy (non-hydrogen) atoms. The van der Waals surface area contributed by atoms with E-state index >= 15 is 0 Å². The van der Waals surface area contributed by atoms with Gasteiger partial charge in [0.15, 0.2) is 17.5 Å². The van der Waals surface area contributed by atoms with Crippen molar-refractivity contribution < 1.29 is 23.1 Å². The SMILES string of the molecule is COC(=O)NC(Cc1ccc(N=C(N)N)cc1)[P+](OC)(Oc1ccccc1)Oc1ccccc1. The fourth-order valence-electron chi connectivity index (χ4n) is 3.12. The number of para-hydroxylation sites is 2. The van der Waals surface area contributed by atoms with Crippen molar-refractivity contribution in [1.82, 2.24) is 5.32 Å². The minimum Gasteiger partial charge on any atom is -0.453 e. The molecule has 1 atom stereocenters. The van der Waals surface area contributed by atoms with Gasteiger partial charge >= 0.3 is 14.0 Å². The van der Waals surface area contributed by atoms with Gasteiger partial charge in [0.1, 0.15) is 0 Å². The number of nitrogens with zero attached hydrogens (tertiary/aromatic N) is 1. The van der Waals surface area contributed by atoms with Crippen molar-refractivity contribution >= 4 is 25.7 Å². The van der Waals surface area contributed by atoms with E-state index in [-0.39, 0.29) is 5.96 Å². The van der Waals surface area contributed by atoms with Crippen LogP contribution in [0.25, 0.3) is 0 Å². The molecule has 0 fully saturated rings. The highest BCUT2D eigenvalue weighted by molar-refractivity contribution is 7.63. The zero-order valence-corrected chi connectivity index (χ0v) is 19.9. The molecule has 1 unspecified atom stereocenters.